The summed E-state index contributed by atoms with van der Waals surface area (Å²) in [6.07, 6.45) is 5.70. The summed E-state index contributed by atoms with van der Waals surface area (Å²) in [7, 11) is 0. The third kappa shape index (κ3) is 4.46. The molecule has 0 aromatic rings. The van der Waals surface area contributed by atoms with Crippen LogP contribution < -0.4 is 5.32 Å². The molecule has 0 radical (unpaired) electrons. The molecule has 1 aliphatic carbocycles. The molecule has 1 aliphatic heterocycles. The van der Waals surface area contributed by atoms with Gasteiger partial charge in [-0.25, -0.2) is 0 Å². The first-order chi connectivity index (χ1) is 9.45. The molecular weight excluding hydrogens is 244 g/mol. The van der Waals surface area contributed by atoms with Crippen LogP contribution in [0.2, 0.25) is 0 Å². The van der Waals surface area contributed by atoms with Crippen LogP contribution in [0, 0.1) is 23.7 Å². The van der Waals surface area contributed by atoms with E-state index in [0.29, 0.717) is 6.04 Å². The van der Waals surface area contributed by atoms with E-state index in [4.69, 9.17) is 0 Å². The van der Waals surface area contributed by atoms with Gasteiger partial charge in [-0.15, -0.1) is 0 Å². The second-order valence-electron chi connectivity index (χ2n) is 8.28. The van der Waals surface area contributed by atoms with E-state index in [1.807, 2.05) is 0 Å². The minimum atomic E-state index is 0.712. The van der Waals surface area contributed by atoms with Crippen LogP contribution in [0.1, 0.15) is 60.3 Å². The normalized spacial score (nSPS) is 36.1. The minimum absolute atomic E-state index is 0.712. The molecule has 2 fully saturated rings. The van der Waals surface area contributed by atoms with Crippen LogP contribution in [0.5, 0.6) is 0 Å². The van der Waals surface area contributed by atoms with E-state index >= 15 is 0 Å². The summed E-state index contributed by atoms with van der Waals surface area (Å²) in [6, 6.07) is 1.46. The monoisotopic (exact) mass is 280 g/mol. The fourth-order valence-corrected chi connectivity index (χ4v) is 4.32. The van der Waals surface area contributed by atoms with Gasteiger partial charge in [-0.3, -0.25) is 4.90 Å². The molecule has 1 saturated heterocycles. The number of rotatable bonds is 5. The third-order valence-electron chi connectivity index (χ3n) is 5.36. The van der Waals surface area contributed by atoms with Gasteiger partial charge in [0, 0.05) is 31.7 Å². The summed E-state index contributed by atoms with van der Waals surface area (Å²) in [5.41, 5.74) is 0. The number of hydrogen-bond acceptors (Lipinski definition) is 2. The van der Waals surface area contributed by atoms with E-state index in [-0.39, 0.29) is 0 Å². The molecule has 1 saturated carbocycles. The lowest BCUT2D eigenvalue weighted by molar-refractivity contribution is 0.0763. The Balaban J connectivity index is 1.92. The van der Waals surface area contributed by atoms with Gasteiger partial charge in [0.25, 0.3) is 0 Å². The first-order valence-corrected chi connectivity index (χ1v) is 8.93. The van der Waals surface area contributed by atoms with Crippen molar-refractivity contribution in [1.82, 2.24) is 10.2 Å². The fourth-order valence-electron chi connectivity index (χ4n) is 4.32. The van der Waals surface area contributed by atoms with Crippen LogP contribution in [-0.4, -0.2) is 36.6 Å². The average Bonchev–Trinajstić information content (AvgIpc) is 2.73. The predicted octanol–water partition coefficient (Wildman–Crippen LogP) is 3.77. The molecule has 2 aliphatic rings. The van der Waals surface area contributed by atoms with Crippen molar-refractivity contribution in [2.24, 2.45) is 23.7 Å². The van der Waals surface area contributed by atoms with Gasteiger partial charge in [-0.1, -0.05) is 41.0 Å². The highest BCUT2D eigenvalue weighted by Crippen LogP contribution is 2.32. The molecule has 118 valence electrons. The van der Waals surface area contributed by atoms with Crippen molar-refractivity contribution in [1.29, 1.82) is 0 Å². The lowest BCUT2D eigenvalue weighted by Gasteiger charge is -2.44. The molecule has 0 aromatic carbocycles. The van der Waals surface area contributed by atoms with Crippen LogP contribution in [0.25, 0.3) is 0 Å². The van der Waals surface area contributed by atoms with Gasteiger partial charge in [-0.2, -0.15) is 0 Å². The van der Waals surface area contributed by atoms with Crippen LogP contribution in [0.3, 0.4) is 0 Å². The largest absolute Gasteiger partial charge is 0.311 e. The maximum absolute atomic E-state index is 3.80. The molecule has 0 amide bonds. The summed E-state index contributed by atoms with van der Waals surface area (Å²) in [5, 5.41) is 3.80. The average molecular weight is 280 g/mol. The smallest absolute Gasteiger partial charge is 0.0244 e. The summed E-state index contributed by atoms with van der Waals surface area (Å²) in [5.74, 6) is 3.49. The van der Waals surface area contributed by atoms with Crippen molar-refractivity contribution < 1.29 is 0 Å². The first-order valence-electron chi connectivity index (χ1n) is 8.93. The van der Waals surface area contributed by atoms with Gasteiger partial charge in [0.15, 0.2) is 0 Å². The highest BCUT2D eigenvalue weighted by atomic mass is 15.2. The maximum atomic E-state index is 3.80. The van der Waals surface area contributed by atoms with Gasteiger partial charge in [0.05, 0.1) is 0 Å². The van der Waals surface area contributed by atoms with Crippen molar-refractivity contribution in [3.8, 4) is 0 Å². The van der Waals surface area contributed by atoms with E-state index in [9.17, 15) is 0 Å². The minimum Gasteiger partial charge on any atom is -0.311 e. The van der Waals surface area contributed by atoms with Gasteiger partial charge in [0.2, 0.25) is 0 Å². The van der Waals surface area contributed by atoms with Crippen molar-refractivity contribution in [3.05, 3.63) is 0 Å². The van der Waals surface area contributed by atoms with E-state index in [0.717, 1.165) is 29.7 Å². The summed E-state index contributed by atoms with van der Waals surface area (Å²) >= 11 is 0. The van der Waals surface area contributed by atoms with Gasteiger partial charge >= 0.3 is 0 Å². The van der Waals surface area contributed by atoms with Crippen molar-refractivity contribution >= 4 is 0 Å². The quantitative estimate of drug-likeness (QED) is 0.825. The van der Waals surface area contributed by atoms with Gasteiger partial charge in [0.1, 0.15) is 0 Å². The van der Waals surface area contributed by atoms with Crippen LogP contribution in [0.4, 0.5) is 0 Å². The molecule has 1 heterocycles. The van der Waals surface area contributed by atoms with Crippen LogP contribution >= 0.6 is 0 Å². The summed E-state index contributed by atoms with van der Waals surface area (Å²) in [6.45, 7) is 15.7. The van der Waals surface area contributed by atoms with Crippen molar-refractivity contribution in [3.63, 3.8) is 0 Å². The lowest BCUT2D eigenvalue weighted by atomic mass is 9.93. The molecular formula is C18H36N2. The molecule has 2 nitrogen and oxygen atoms in total. The Morgan fingerprint density at radius 3 is 2.45 bits per heavy atom. The zero-order chi connectivity index (χ0) is 14.7. The van der Waals surface area contributed by atoms with Crippen LogP contribution in [-0.2, 0) is 0 Å². The summed E-state index contributed by atoms with van der Waals surface area (Å²) in [4.78, 5) is 2.83. The van der Waals surface area contributed by atoms with Crippen LogP contribution in [0.15, 0.2) is 0 Å². The Morgan fingerprint density at radius 2 is 1.90 bits per heavy atom. The van der Waals surface area contributed by atoms with Gasteiger partial charge in [-0.05, 0) is 42.9 Å². The SMILES string of the molecule is CC(C)CC1CN(CC2CCC(C)C2)C(C(C)C)CN1. The van der Waals surface area contributed by atoms with Crippen molar-refractivity contribution in [2.75, 3.05) is 19.6 Å². The lowest BCUT2D eigenvalue weighted by Crippen LogP contribution is -2.59. The Hall–Kier alpha value is -0.0800. The number of hydrogen-bond donors (Lipinski definition) is 1. The highest BCUT2D eigenvalue weighted by molar-refractivity contribution is 4.90. The second kappa shape index (κ2) is 7.26. The Bertz CT molecular complexity index is 287. The Morgan fingerprint density at radius 1 is 1.15 bits per heavy atom. The topological polar surface area (TPSA) is 15.3 Å². The molecule has 2 rings (SSSR count). The molecule has 0 bridgehead atoms. The number of piperazine rings is 1. The van der Waals surface area contributed by atoms with E-state index < -0.39 is 0 Å². The number of nitrogens with zero attached hydrogens (tertiary/aromatic N) is 1. The molecule has 4 unspecified atom stereocenters. The standard InChI is InChI=1S/C18H36N2/c1-13(2)8-17-12-20(18(10-19-17)14(3)4)11-16-7-6-15(5)9-16/h13-19H,6-12H2,1-5H3. The van der Waals surface area contributed by atoms with E-state index in [2.05, 4.69) is 44.8 Å². The zero-order valence-electron chi connectivity index (χ0n) is 14.4. The van der Waals surface area contributed by atoms with E-state index in [1.54, 1.807) is 0 Å². The fraction of sp³-hybridized carbons (Fsp3) is 1.00. The highest BCUT2D eigenvalue weighted by Gasteiger charge is 2.32. The molecule has 0 spiro atoms. The number of nitrogens with one attached hydrogen (secondary N) is 1. The molecule has 0 aromatic heterocycles. The van der Waals surface area contributed by atoms with Crippen molar-refractivity contribution in [2.45, 2.75) is 72.4 Å². The predicted molar refractivity (Wildman–Crippen MR) is 87.9 cm³/mol. The van der Waals surface area contributed by atoms with E-state index in [1.165, 1.54) is 45.3 Å². The molecule has 1 N–H and O–H groups in total. The zero-order valence-corrected chi connectivity index (χ0v) is 14.4. The Kier molecular flexibility index (Phi) is 5.92. The first kappa shape index (κ1) is 16.3. The molecule has 20 heavy (non-hydrogen) atoms. The molecule has 2 heteroatoms. The van der Waals surface area contributed by atoms with Gasteiger partial charge < -0.3 is 5.32 Å². The second-order valence-corrected chi connectivity index (χ2v) is 8.28. The third-order valence-corrected chi connectivity index (χ3v) is 5.36. The Labute approximate surface area is 126 Å². The maximum Gasteiger partial charge on any atom is 0.0244 e. The molecule has 4 atom stereocenters. The summed E-state index contributed by atoms with van der Waals surface area (Å²) < 4.78 is 0.